The van der Waals surface area contributed by atoms with Crippen molar-refractivity contribution in [2.75, 3.05) is 84.8 Å². The third-order valence-corrected chi connectivity index (χ3v) is 29.3. The zero-order valence-electron chi connectivity index (χ0n) is 89.0. The molecule has 14 aromatic carbocycles. The SMILES string of the molecule is Cc1ccccc1N1C=CN(C)C1C.Cc1ccccc1N1C=CN(c2c(C(C)C)cccc2C(C)C)C1C.Cc1ccccc1N1C=CN(c2ccccc2)C1C.Cc1ccccc1N1c2cc(C(C)(C)C)ccc2N(c2ccccc2)C1C.Cc1ccccc1N1c2ccccc2N(C)C1C.Cc1ccccc1N1c2ccccc2N(c2ccccc2)C1C.Cc1ccccc1N1c2ncccc2N(C)C1C. The van der Waals surface area contributed by atoms with E-state index < -0.39 is 0 Å². The maximum atomic E-state index is 4.54. The van der Waals surface area contributed by atoms with Gasteiger partial charge in [-0.15, -0.1) is 0 Å². The van der Waals surface area contributed by atoms with Crippen LogP contribution in [-0.2, 0) is 5.41 Å². The second-order valence-corrected chi connectivity index (χ2v) is 40.3. The summed E-state index contributed by atoms with van der Waals surface area (Å²) in [5.74, 6) is 2.05. The van der Waals surface area contributed by atoms with Gasteiger partial charge in [-0.25, -0.2) is 4.98 Å². The van der Waals surface area contributed by atoms with Crippen molar-refractivity contribution in [1.82, 2.24) is 9.88 Å². The van der Waals surface area contributed by atoms with E-state index in [1.165, 1.54) is 158 Å². The molecular formula is C129H147N15. The summed E-state index contributed by atoms with van der Waals surface area (Å²) in [7, 11) is 6.37. The second kappa shape index (κ2) is 44.9. The van der Waals surface area contributed by atoms with Gasteiger partial charge < -0.3 is 68.6 Å². The van der Waals surface area contributed by atoms with Crippen LogP contribution in [0, 0.1) is 48.5 Å². The molecule has 738 valence electrons. The van der Waals surface area contributed by atoms with Gasteiger partial charge in [0.25, 0.3) is 0 Å². The molecule has 0 spiro atoms. The van der Waals surface area contributed by atoms with E-state index in [1.54, 1.807) is 0 Å². The molecule has 7 unspecified atom stereocenters. The number of hydrogen-bond acceptors (Lipinski definition) is 15. The van der Waals surface area contributed by atoms with Gasteiger partial charge in [-0.05, 0) is 297 Å². The summed E-state index contributed by atoms with van der Waals surface area (Å²) >= 11 is 0. The number of hydrogen-bond donors (Lipinski definition) is 0. The van der Waals surface area contributed by atoms with Crippen LogP contribution in [-0.4, -0.2) is 74.2 Å². The first-order valence-corrected chi connectivity index (χ1v) is 51.3. The first-order chi connectivity index (χ1) is 69.4. The number of aromatic nitrogens is 1. The summed E-state index contributed by atoms with van der Waals surface area (Å²) in [5, 5.41) is 0. The molecule has 15 nitrogen and oxygen atoms in total. The predicted octanol–water partition coefficient (Wildman–Crippen LogP) is 32.9. The molecule has 8 heterocycles. The van der Waals surface area contributed by atoms with E-state index in [4.69, 9.17) is 0 Å². The molecule has 0 N–H and O–H groups in total. The zero-order valence-corrected chi connectivity index (χ0v) is 89.0. The van der Waals surface area contributed by atoms with E-state index in [2.05, 4.69) is 623 Å². The minimum absolute atomic E-state index is 0.121. The van der Waals surface area contributed by atoms with E-state index in [9.17, 15) is 0 Å². The smallest absolute Gasteiger partial charge is 0.158 e. The zero-order chi connectivity index (χ0) is 102. The van der Waals surface area contributed by atoms with Crippen molar-refractivity contribution >= 4 is 108 Å². The average Bonchev–Trinajstić information content (AvgIpc) is 1.60. The molecule has 0 saturated carbocycles. The summed E-state index contributed by atoms with van der Waals surface area (Å²) < 4.78 is 0. The fraction of sp³-hybridized carbons (Fsp3) is 0.264. The number of rotatable bonds is 13. The molecule has 0 bridgehead atoms. The number of anilines is 19. The summed E-state index contributed by atoms with van der Waals surface area (Å²) in [4.78, 5) is 37.5. The van der Waals surface area contributed by atoms with Gasteiger partial charge >= 0.3 is 0 Å². The van der Waals surface area contributed by atoms with Crippen LogP contribution >= 0.6 is 0 Å². The second-order valence-electron chi connectivity index (χ2n) is 40.3. The first kappa shape index (κ1) is 102. The van der Waals surface area contributed by atoms with Crippen LogP contribution in [0.1, 0.15) is 164 Å². The summed E-state index contributed by atoms with van der Waals surface area (Å²) in [5.41, 5.74) is 36.3. The van der Waals surface area contributed by atoms with Gasteiger partial charge in [-0.2, -0.15) is 0 Å². The molecule has 7 atom stereocenters. The van der Waals surface area contributed by atoms with Crippen molar-refractivity contribution < 1.29 is 0 Å². The van der Waals surface area contributed by atoms with Crippen molar-refractivity contribution in [1.29, 1.82) is 0 Å². The van der Waals surface area contributed by atoms with Crippen LogP contribution in [0.4, 0.5) is 108 Å². The molecular weight excluding hydrogens is 1760 g/mol. The molecule has 144 heavy (non-hydrogen) atoms. The van der Waals surface area contributed by atoms with Crippen molar-refractivity contribution in [2.45, 2.75) is 206 Å². The van der Waals surface area contributed by atoms with Crippen molar-refractivity contribution in [3.8, 4) is 0 Å². The van der Waals surface area contributed by atoms with Crippen LogP contribution < -0.4 is 63.7 Å². The highest BCUT2D eigenvalue weighted by Crippen LogP contribution is 2.53. The van der Waals surface area contributed by atoms with E-state index in [-0.39, 0.29) is 30.1 Å². The van der Waals surface area contributed by atoms with Crippen LogP contribution in [0.15, 0.2) is 401 Å². The number of nitrogens with zero attached hydrogens (tertiary/aromatic N) is 15. The Bertz CT molecular complexity index is 6810. The van der Waals surface area contributed by atoms with Gasteiger partial charge in [-0.1, -0.05) is 279 Å². The fourth-order valence-electron chi connectivity index (χ4n) is 20.8. The number of aryl methyl sites for hydroxylation is 7. The maximum Gasteiger partial charge on any atom is 0.158 e. The Kier molecular flexibility index (Phi) is 31.6. The lowest BCUT2D eigenvalue weighted by Crippen LogP contribution is -2.37. The van der Waals surface area contributed by atoms with Gasteiger partial charge in [0.15, 0.2) is 5.82 Å². The third kappa shape index (κ3) is 21.3. The van der Waals surface area contributed by atoms with E-state index >= 15 is 0 Å². The fourth-order valence-corrected chi connectivity index (χ4v) is 20.8. The molecule has 1 aromatic heterocycles. The Morgan fingerprint density at radius 1 is 0.229 bits per heavy atom. The maximum absolute atomic E-state index is 4.54. The Labute approximate surface area is 860 Å². The van der Waals surface area contributed by atoms with Crippen LogP contribution in [0.25, 0.3) is 0 Å². The van der Waals surface area contributed by atoms with Crippen molar-refractivity contribution in [3.63, 3.8) is 0 Å². The summed E-state index contributed by atoms with van der Waals surface area (Å²) in [6.07, 6.45) is 16.9. The molecule has 0 amide bonds. The average molecular weight is 1910 g/mol. The standard InChI is InChI=1S/C25H28N2.C23H30N2.C21H20N2.C17H18N2.C16H18N2.C15H17N3.C12H16N2/c1-18-11-9-10-14-22(18)27-19(2)26(21-12-7-6-8-13-21)23-16-15-20(17-24(23)27)25(3,4)5;1-16(2)20-11-9-12-21(17(3)4)23(20)25-15-14-24(19(25)6)22-13-8-7-10-18(22)5;1-16-10-6-7-13-19(16)23-17(2)22(18-11-4-3-5-12-18)20-14-8-9-15-21(20)23;1-14-8-6-7-11-17(14)19-13-12-18(15(19)2)16-9-4-3-5-10-16;1-12-8-4-5-9-14(12)18-13(2)17(3)15-10-6-7-11-16(15)18;1-11-7-4-5-8-13(11)18-12(2)17(3)14-9-6-10-16-15(14)18;1-10-6-4-5-7-12(10)14-9-8-13(3)11(14)2/h6-17,19H,1-5H3;7-17,19H,1-6H3;3-15,17H,1-2H3;3-13,15H,1-2H3;4-11,13H,1-3H3;4-10,12H,1-3H3;4-9,11H,1-3H3. The molecule has 7 aliphatic heterocycles. The third-order valence-electron chi connectivity index (χ3n) is 29.3. The largest absolute Gasteiger partial charge is 0.359 e. The lowest BCUT2D eigenvalue weighted by atomic mass is 9.86. The highest BCUT2D eigenvalue weighted by Gasteiger charge is 2.40. The Hall–Kier alpha value is -15.4. The molecule has 0 fully saturated rings. The Balaban J connectivity index is 0.000000121. The molecule has 15 aromatic rings. The van der Waals surface area contributed by atoms with E-state index in [1.807, 2.05) is 18.3 Å². The number of pyridine rings is 1. The quantitative estimate of drug-likeness (QED) is 0.110. The van der Waals surface area contributed by atoms with Crippen LogP contribution in [0.3, 0.4) is 0 Å². The lowest BCUT2D eigenvalue weighted by molar-refractivity contribution is 0.383. The highest BCUT2D eigenvalue weighted by atomic mass is 15.5. The minimum Gasteiger partial charge on any atom is -0.359 e. The van der Waals surface area contributed by atoms with Gasteiger partial charge in [-0.3, -0.25) is 0 Å². The monoisotopic (exact) mass is 1910 g/mol. The van der Waals surface area contributed by atoms with Gasteiger partial charge in [0, 0.05) is 127 Å². The molecule has 22 rings (SSSR count). The topological polar surface area (TPSA) is 58.3 Å². The molecule has 0 radical (unpaired) electrons. The van der Waals surface area contributed by atoms with Gasteiger partial charge in [0.2, 0.25) is 0 Å². The minimum atomic E-state index is 0.121. The van der Waals surface area contributed by atoms with E-state index in [0.29, 0.717) is 30.3 Å². The lowest BCUT2D eigenvalue weighted by Gasteiger charge is -2.34. The molecule has 7 aliphatic rings. The van der Waals surface area contributed by atoms with Gasteiger partial charge in [0.1, 0.15) is 43.2 Å². The summed E-state index contributed by atoms with van der Waals surface area (Å²) in [6, 6.07) is 127. The highest BCUT2D eigenvalue weighted by molar-refractivity contribution is 5.92. The van der Waals surface area contributed by atoms with Crippen LogP contribution in [0.5, 0.6) is 0 Å². The van der Waals surface area contributed by atoms with Crippen molar-refractivity contribution in [3.05, 3.63) is 457 Å². The van der Waals surface area contributed by atoms with Crippen molar-refractivity contribution in [2.24, 2.45) is 0 Å². The molecule has 15 heteroatoms. The number of benzene rings is 14. The summed E-state index contributed by atoms with van der Waals surface area (Å²) in [6.45, 7) is 46.8. The normalized spacial score (nSPS) is 17.6. The number of fused-ring (bicyclic) bond motifs is 4. The first-order valence-electron chi connectivity index (χ1n) is 51.3. The Morgan fingerprint density at radius 3 is 0.917 bits per heavy atom. The number of para-hydroxylation sites is 15. The van der Waals surface area contributed by atoms with Gasteiger partial charge in [0.05, 0.1) is 39.8 Å². The molecule has 0 aliphatic carbocycles. The van der Waals surface area contributed by atoms with Crippen LogP contribution in [0.2, 0.25) is 0 Å². The van der Waals surface area contributed by atoms with E-state index in [0.717, 1.165) is 5.82 Å². The predicted molar refractivity (Wildman–Crippen MR) is 618 cm³/mol. The molecule has 0 saturated heterocycles. The Morgan fingerprint density at radius 2 is 0.521 bits per heavy atom.